The predicted molar refractivity (Wildman–Crippen MR) is 81.1 cm³/mol. The highest BCUT2D eigenvalue weighted by molar-refractivity contribution is 6.01. The van der Waals surface area contributed by atoms with Gasteiger partial charge in [-0.2, -0.15) is 0 Å². The van der Waals surface area contributed by atoms with Gasteiger partial charge in [0.15, 0.2) is 11.6 Å². The van der Waals surface area contributed by atoms with Crippen LogP contribution in [-0.2, 0) is 9.47 Å². The van der Waals surface area contributed by atoms with E-state index in [1.165, 1.54) is 0 Å². The molecule has 3 rings (SSSR count). The lowest BCUT2D eigenvalue weighted by Gasteiger charge is -2.36. The molecular weight excluding hydrogens is 264 g/mol. The molecule has 1 saturated carbocycles. The van der Waals surface area contributed by atoms with Gasteiger partial charge in [-0.15, -0.1) is 0 Å². The van der Waals surface area contributed by atoms with E-state index in [1.807, 2.05) is 30.3 Å². The van der Waals surface area contributed by atoms with Crippen LogP contribution in [0.3, 0.4) is 0 Å². The van der Waals surface area contributed by atoms with Gasteiger partial charge >= 0.3 is 0 Å². The molecule has 1 aromatic carbocycles. The molecule has 0 aromatic heterocycles. The summed E-state index contributed by atoms with van der Waals surface area (Å²) in [4.78, 5) is 12.9. The van der Waals surface area contributed by atoms with Crippen molar-refractivity contribution in [3.05, 3.63) is 35.9 Å². The molecule has 1 heterocycles. The molecule has 1 saturated heterocycles. The van der Waals surface area contributed by atoms with Gasteiger partial charge in [0.25, 0.3) is 0 Å². The first-order valence-corrected chi connectivity index (χ1v) is 7.89. The van der Waals surface area contributed by atoms with E-state index in [4.69, 9.17) is 9.47 Å². The maximum atomic E-state index is 12.9. The minimum Gasteiger partial charge on any atom is -0.345 e. The predicted octanol–water partition coefficient (Wildman–Crippen LogP) is 3.83. The monoisotopic (exact) mass is 288 g/mol. The van der Waals surface area contributed by atoms with Crippen LogP contribution >= 0.6 is 0 Å². The summed E-state index contributed by atoms with van der Waals surface area (Å²) in [6.07, 6.45) is 2.02. The average Bonchev–Trinajstić information content (AvgIpc) is 2.95. The van der Waals surface area contributed by atoms with Crippen LogP contribution in [0.5, 0.6) is 0 Å². The number of Topliss-reactive ketones (excluding diaryl/α,β-unsaturated/α-hetero) is 1. The Morgan fingerprint density at radius 2 is 1.76 bits per heavy atom. The molecule has 2 fully saturated rings. The van der Waals surface area contributed by atoms with Crippen LogP contribution in [0, 0.1) is 11.3 Å². The highest BCUT2D eigenvalue weighted by atomic mass is 16.7. The van der Waals surface area contributed by atoms with Crippen LogP contribution < -0.4 is 0 Å². The number of hydrogen-bond donors (Lipinski definition) is 0. The summed E-state index contributed by atoms with van der Waals surface area (Å²) in [6.45, 7) is 8.36. The molecule has 114 valence electrons. The molecule has 0 radical (unpaired) electrons. The molecule has 0 amide bonds. The second kappa shape index (κ2) is 4.92. The fourth-order valence-corrected chi connectivity index (χ4v) is 3.88. The van der Waals surface area contributed by atoms with Crippen molar-refractivity contribution in [2.75, 3.05) is 0 Å². The molecular formula is C18H24O3. The number of carbonyl (C=O) groups excluding carboxylic acids is 1. The molecule has 4 atom stereocenters. The number of rotatable bonds is 3. The number of benzene rings is 1. The third-order valence-corrected chi connectivity index (χ3v) is 5.20. The molecule has 2 aliphatic rings. The summed E-state index contributed by atoms with van der Waals surface area (Å²) in [5.41, 5.74) is 0.514. The fourth-order valence-electron chi connectivity index (χ4n) is 3.88. The van der Waals surface area contributed by atoms with Crippen LogP contribution in [0.1, 0.15) is 50.9 Å². The maximum Gasteiger partial charge on any atom is 0.185 e. The van der Waals surface area contributed by atoms with E-state index in [0.29, 0.717) is 0 Å². The second-order valence-corrected chi connectivity index (χ2v) is 6.69. The van der Waals surface area contributed by atoms with Crippen molar-refractivity contribution in [1.82, 2.24) is 0 Å². The van der Waals surface area contributed by atoms with Crippen molar-refractivity contribution in [3.63, 3.8) is 0 Å². The summed E-state index contributed by atoms with van der Waals surface area (Å²) < 4.78 is 12.3. The molecule has 0 bridgehead atoms. The highest BCUT2D eigenvalue weighted by Gasteiger charge is 2.80. The van der Waals surface area contributed by atoms with Crippen molar-refractivity contribution in [3.8, 4) is 0 Å². The number of ketones is 1. The van der Waals surface area contributed by atoms with Crippen molar-refractivity contribution >= 4 is 5.78 Å². The Balaban J connectivity index is 1.93. The van der Waals surface area contributed by atoms with Crippen molar-refractivity contribution in [1.29, 1.82) is 0 Å². The van der Waals surface area contributed by atoms with Gasteiger partial charge in [0.05, 0.1) is 18.1 Å². The van der Waals surface area contributed by atoms with Crippen LogP contribution in [0.4, 0.5) is 0 Å². The summed E-state index contributed by atoms with van der Waals surface area (Å²) in [5, 5.41) is 0. The lowest BCUT2D eigenvalue weighted by atomic mass is 9.97. The van der Waals surface area contributed by atoms with Gasteiger partial charge in [0.1, 0.15) is 0 Å². The van der Waals surface area contributed by atoms with Crippen LogP contribution in [-0.4, -0.2) is 23.8 Å². The van der Waals surface area contributed by atoms with E-state index >= 15 is 0 Å². The molecule has 3 nitrogen and oxygen atoms in total. The summed E-state index contributed by atoms with van der Waals surface area (Å²) in [6, 6.07) is 9.48. The van der Waals surface area contributed by atoms with E-state index in [-0.39, 0.29) is 29.3 Å². The van der Waals surface area contributed by atoms with Crippen LogP contribution in [0.2, 0.25) is 0 Å². The van der Waals surface area contributed by atoms with Gasteiger partial charge in [0.2, 0.25) is 0 Å². The third kappa shape index (κ3) is 2.06. The van der Waals surface area contributed by atoms with E-state index in [0.717, 1.165) is 18.4 Å². The van der Waals surface area contributed by atoms with E-state index < -0.39 is 5.79 Å². The topological polar surface area (TPSA) is 35.5 Å². The number of ether oxygens (including phenoxy) is 2. The molecule has 0 N–H and O–H groups in total. The Morgan fingerprint density at radius 1 is 1.19 bits per heavy atom. The van der Waals surface area contributed by atoms with Crippen molar-refractivity contribution in [2.45, 2.75) is 58.5 Å². The van der Waals surface area contributed by atoms with Crippen molar-refractivity contribution < 1.29 is 14.3 Å². The summed E-state index contributed by atoms with van der Waals surface area (Å²) >= 11 is 0. The zero-order valence-electron chi connectivity index (χ0n) is 13.3. The maximum absolute atomic E-state index is 12.9. The van der Waals surface area contributed by atoms with E-state index in [9.17, 15) is 4.79 Å². The first kappa shape index (κ1) is 14.7. The van der Waals surface area contributed by atoms with Gasteiger partial charge in [0, 0.05) is 11.0 Å². The Bertz CT molecular complexity index is 529. The fraction of sp³-hybridized carbons (Fsp3) is 0.611. The summed E-state index contributed by atoms with van der Waals surface area (Å²) in [7, 11) is 0. The van der Waals surface area contributed by atoms with E-state index in [1.54, 1.807) is 0 Å². The Kier molecular flexibility index (Phi) is 3.45. The zero-order valence-corrected chi connectivity index (χ0v) is 13.3. The zero-order chi connectivity index (χ0) is 15.3. The lowest BCUT2D eigenvalue weighted by Crippen LogP contribution is -2.41. The van der Waals surface area contributed by atoms with E-state index in [2.05, 4.69) is 27.7 Å². The molecule has 0 unspecified atom stereocenters. The SMILES string of the molecule is CC[C@@]1(C)[C@H](C(=O)c2ccccc2)C12O[C@H](C)C[C@@H](C)O2. The van der Waals surface area contributed by atoms with Gasteiger partial charge in [-0.25, -0.2) is 0 Å². The minimum atomic E-state index is -0.730. The normalized spacial score (nSPS) is 42.0. The average molecular weight is 288 g/mol. The Morgan fingerprint density at radius 3 is 2.29 bits per heavy atom. The number of hydrogen-bond acceptors (Lipinski definition) is 3. The van der Waals surface area contributed by atoms with Gasteiger partial charge in [-0.3, -0.25) is 4.79 Å². The Labute approximate surface area is 126 Å². The molecule has 1 aliphatic carbocycles. The highest BCUT2D eigenvalue weighted by Crippen LogP contribution is 2.69. The van der Waals surface area contributed by atoms with Crippen LogP contribution in [0.25, 0.3) is 0 Å². The van der Waals surface area contributed by atoms with Crippen LogP contribution in [0.15, 0.2) is 30.3 Å². The Hall–Kier alpha value is -1.19. The quantitative estimate of drug-likeness (QED) is 0.793. The molecule has 21 heavy (non-hydrogen) atoms. The third-order valence-electron chi connectivity index (χ3n) is 5.20. The standard InChI is InChI=1S/C18H24O3/c1-5-17(4)16(15(19)14-9-7-6-8-10-14)18(17)20-12(2)11-13(3)21-18/h6-10,12-13,16H,5,11H2,1-4H3/t12-,13-,16+,17+/m1/s1. The smallest absolute Gasteiger partial charge is 0.185 e. The molecule has 3 heteroatoms. The number of carbonyl (C=O) groups is 1. The lowest BCUT2D eigenvalue weighted by molar-refractivity contribution is -0.275. The summed E-state index contributed by atoms with van der Waals surface area (Å²) in [5.74, 6) is -0.796. The molecule has 1 aliphatic heterocycles. The second-order valence-electron chi connectivity index (χ2n) is 6.69. The first-order chi connectivity index (χ1) is 9.94. The van der Waals surface area contributed by atoms with Gasteiger partial charge < -0.3 is 9.47 Å². The van der Waals surface area contributed by atoms with Gasteiger partial charge in [-0.1, -0.05) is 44.2 Å². The molecule has 1 aromatic rings. The van der Waals surface area contributed by atoms with Crippen molar-refractivity contribution in [2.24, 2.45) is 11.3 Å². The molecule has 1 spiro atoms. The first-order valence-electron chi connectivity index (χ1n) is 7.89. The largest absolute Gasteiger partial charge is 0.345 e. The van der Waals surface area contributed by atoms with Gasteiger partial charge in [-0.05, 0) is 26.7 Å². The minimum absolute atomic E-state index is 0.133.